The molecular weight excluding hydrogens is 148 g/mol. The van der Waals surface area contributed by atoms with Crippen LogP contribution in [-0.2, 0) is 5.11 Å². The summed E-state index contributed by atoms with van der Waals surface area (Å²) >= 11 is 5.63. The first kappa shape index (κ1) is 10.2. The van der Waals surface area contributed by atoms with Gasteiger partial charge >= 0.3 is 0 Å². The van der Waals surface area contributed by atoms with Crippen molar-refractivity contribution in [3.8, 4) is 0 Å². The van der Waals surface area contributed by atoms with E-state index >= 15 is 0 Å². The minimum atomic E-state index is -0.131. The molecule has 0 saturated carbocycles. The molecule has 0 aromatic rings. The lowest BCUT2D eigenvalue weighted by atomic mass is 10.1. The normalized spacial score (nSPS) is 13.5. The Bertz CT molecular complexity index is 66.3. The Labute approximate surface area is 68.4 Å². The molecule has 1 radical (unpaired) electrons. The molecule has 10 heavy (non-hydrogen) atoms. The molecular formula is C8H16ClO. The van der Waals surface area contributed by atoms with Crippen molar-refractivity contribution in [1.82, 2.24) is 0 Å². The van der Waals surface area contributed by atoms with Gasteiger partial charge in [-0.05, 0) is 6.42 Å². The summed E-state index contributed by atoms with van der Waals surface area (Å²) in [6, 6.07) is 0. The van der Waals surface area contributed by atoms with Crippen molar-refractivity contribution in [3.63, 3.8) is 0 Å². The molecule has 1 nitrogen and oxygen atoms in total. The number of alkyl halides is 1. The summed E-state index contributed by atoms with van der Waals surface area (Å²) in [5.74, 6) is 0. The average Bonchev–Trinajstić information content (AvgIpc) is 1.98. The fourth-order valence-corrected chi connectivity index (χ4v) is 1.03. The molecule has 0 saturated heterocycles. The highest BCUT2D eigenvalue weighted by molar-refractivity contribution is 6.20. The Hall–Kier alpha value is 0.250. The van der Waals surface area contributed by atoms with Gasteiger partial charge in [-0.1, -0.05) is 32.6 Å². The summed E-state index contributed by atoms with van der Waals surface area (Å²) in [7, 11) is 0. The SMILES string of the molecule is CCCCCCC(Cl)C[O]. The van der Waals surface area contributed by atoms with Gasteiger partial charge in [-0.3, -0.25) is 0 Å². The molecule has 0 fully saturated rings. The number of rotatable bonds is 6. The van der Waals surface area contributed by atoms with Crippen LogP contribution in [0.5, 0.6) is 0 Å². The molecule has 0 aliphatic carbocycles. The van der Waals surface area contributed by atoms with Crippen LogP contribution in [0.2, 0.25) is 0 Å². The van der Waals surface area contributed by atoms with Crippen LogP contribution in [0, 0.1) is 0 Å². The van der Waals surface area contributed by atoms with E-state index < -0.39 is 0 Å². The van der Waals surface area contributed by atoms with Crippen molar-refractivity contribution < 1.29 is 5.11 Å². The quantitative estimate of drug-likeness (QED) is 0.424. The van der Waals surface area contributed by atoms with Crippen LogP contribution < -0.4 is 0 Å². The first-order valence-electron chi connectivity index (χ1n) is 4.03. The van der Waals surface area contributed by atoms with Gasteiger partial charge in [-0.15, -0.1) is 11.6 Å². The molecule has 0 aromatic carbocycles. The Balaban J connectivity index is 2.89. The van der Waals surface area contributed by atoms with Crippen molar-refractivity contribution in [2.45, 2.75) is 44.4 Å². The van der Waals surface area contributed by atoms with E-state index in [0.717, 1.165) is 12.8 Å². The Kier molecular flexibility index (Phi) is 7.54. The van der Waals surface area contributed by atoms with Crippen LogP contribution in [0.1, 0.15) is 39.0 Å². The maximum atomic E-state index is 10.2. The van der Waals surface area contributed by atoms with Gasteiger partial charge in [-0.2, -0.15) is 0 Å². The van der Waals surface area contributed by atoms with Gasteiger partial charge in [0.25, 0.3) is 0 Å². The second-order valence-electron chi connectivity index (χ2n) is 2.61. The van der Waals surface area contributed by atoms with Crippen LogP contribution >= 0.6 is 11.6 Å². The predicted octanol–water partition coefficient (Wildman–Crippen LogP) is 2.99. The van der Waals surface area contributed by atoms with Gasteiger partial charge < -0.3 is 0 Å². The van der Waals surface area contributed by atoms with Gasteiger partial charge in [0.1, 0.15) is 0 Å². The molecule has 2 heteroatoms. The van der Waals surface area contributed by atoms with E-state index in [1.807, 2.05) is 0 Å². The second-order valence-corrected chi connectivity index (χ2v) is 3.23. The van der Waals surface area contributed by atoms with Gasteiger partial charge in [0, 0.05) is 0 Å². The fraction of sp³-hybridized carbons (Fsp3) is 1.00. The summed E-state index contributed by atoms with van der Waals surface area (Å²) < 4.78 is 0. The van der Waals surface area contributed by atoms with Crippen molar-refractivity contribution in [2.24, 2.45) is 0 Å². The zero-order chi connectivity index (χ0) is 7.82. The third-order valence-electron chi connectivity index (χ3n) is 1.55. The summed E-state index contributed by atoms with van der Waals surface area (Å²) in [5, 5.41) is 10.0. The highest BCUT2D eigenvalue weighted by Gasteiger charge is 2.01. The van der Waals surface area contributed by atoms with Gasteiger partial charge in [0.15, 0.2) is 0 Å². The Morgan fingerprint density at radius 1 is 1.30 bits per heavy atom. The molecule has 0 heterocycles. The molecule has 0 aliphatic heterocycles. The van der Waals surface area contributed by atoms with Crippen LogP contribution in [0.3, 0.4) is 0 Å². The minimum Gasteiger partial charge on any atom is -0.235 e. The van der Waals surface area contributed by atoms with E-state index in [4.69, 9.17) is 11.6 Å². The molecule has 0 aliphatic rings. The highest BCUT2D eigenvalue weighted by atomic mass is 35.5. The Morgan fingerprint density at radius 2 is 2.00 bits per heavy atom. The lowest BCUT2D eigenvalue weighted by Gasteiger charge is -2.02. The van der Waals surface area contributed by atoms with Crippen LogP contribution in [-0.4, -0.2) is 12.0 Å². The number of hydrogen-bond acceptors (Lipinski definition) is 0. The van der Waals surface area contributed by atoms with Crippen LogP contribution in [0.15, 0.2) is 0 Å². The monoisotopic (exact) mass is 163 g/mol. The minimum absolute atomic E-state index is 0.128. The molecule has 0 spiro atoms. The van der Waals surface area contributed by atoms with E-state index in [0.29, 0.717) is 0 Å². The van der Waals surface area contributed by atoms with Crippen molar-refractivity contribution in [3.05, 3.63) is 0 Å². The molecule has 0 rings (SSSR count). The molecule has 1 unspecified atom stereocenters. The highest BCUT2D eigenvalue weighted by Crippen LogP contribution is 2.09. The average molecular weight is 164 g/mol. The van der Waals surface area contributed by atoms with Gasteiger partial charge in [-0.25, -0.2) is 5.11 Å². The first-order chi connectivity index (χ1) is 4.81. The zero-order valence-corrected chi connectivity index (χ0v) is 7.36. The van der Waals surface area contributed by atoms with Crippen LogP contribution in [0.4, 0.5) is 0 Å². The van der Waals surface area contributed by atoms with E-state index in [9.17, 15) is 5.11 Å². The van der Waals surface area contributed by atoms with Gasteiger partial charge in [0.05, 0.1) is 12.0 Å². The topological polar surface area (TPSA) is 19.9 Å². The zero-order valence-electron chi connectivity index (χ0n) is 6.61. The van der Waals surface area contributed by atoms with E-state index in [2.05, 4.69) is 6.92 Å². The standard InChI is InChI=1S/C8H16ClO/c1-2-3-4-5-6-8(9)7-10/h8H,2-7H2,1H3. The van der Waals surface area contributed by atoms with E-state index in [1.165, 1.54) is 19.3 Å². The predicted molar refractivity (Wildman–Crippen MR) is 44.0 cm³/mol. The van der Waals surface area contributed by atoms with E-state index in [-0.39, 0.29) is 12.0 Å². The fourth-order valence-electron chi connectivity index (χ4n) is 0.876. The summed E-state index contributed by atoms with van der Waals surface area (Å²) in [6.07, 6.45) is 5.74. The van der Waals surface area contributed by atoms with Crippen molar-refractivity contribution >= 4 is 11.6 Å². The van der Waals surface area contributed by atoms with Crippen LogP contribution in [0.25, 0.3) is 0 Å². The molecule has 0 N–H and O–H groups in total. The number of hydrogen-bond donors (Lipinski definition) is 0. The smallest absolute Gasteiger partial charge is 0.0985 e. The van der Waals surface area contributed by atoms with Crippen molar-refractivity contribution in [1.29, 1.82) is 0 Å². The van der Waals surface area contributed by atoms with Crippen molar-refractivity contribution in [2.75, 3.05) is 6.61 Å². The third kappa shape index (κ3) is 6.37. The lowest BCUT2D eigenvalue weighted by molar-refractivity contribution is 0.189. The summed E-state index contributed by atoms with van der Waals surface area (Å²) in [6.45, 7) is 2.04. The van der Waals surface area contributed by atoms with E-state index in [1.54, 1.807) is 0 Å². The maximum absolute atomic E-state index is 10.2. The molecule has 0 aromatic heterocycles. The second kappa shape index (κ2) is 7.36. The molecule has 61 valence electrons. The molecule has 0 amide bonds. The van der Waals surface area contributed by atoms with Gasteiger partial charge in [0.2, 0.25) is 0 Å². The molecule has 1 atom stereocenters. The maximum Gasteiger partial charge on any atom is 0.0985 e. The number of halogens is 1. The number of unbranched alkanes of at least 4 members (excludes halogenated alkanes) is 3. The molecule has 0 bridgehead atoms. The largest absolute Gasteiger partial charge is 0.235 e. The first-order valence-corrected chi connectivity index (χ1v) is 4.47. The summed E-state index contributed by atoms with van der Waals surface area (Å²) in [5.41, 5.74) is 0. The summed E-state index contributed by atoms with van der Waals surface area (Å²) in [4.78, 5) is 0. The lowest BCUT2D eigenvalue weighted by Crippen LogP contribution is -2.02. The Morgan fingerprint density at radius 3 is 2.50 bits per heavy atom. The third-order valence-corrected chi connectivity index (χ3v) is 1.90.